The number of carboxylic acid groups (broad SMARTS) is 3. The Balaban J connectivity index is 1.46. The average Bonchev–Trinajstić information content (AvgIpc) is 3.73. The maximum absolute atomic E-state index is 13.9. The molecule has 1 aliphatic rings. The maximum Gasteiger partial charge on any atom is 0.326 e. The lowest BCUT2D eigenvalue weighted by Gasteiger charge is -2.30. The van der Waals surface area contributed by atoms with Crippen LogP contribution in [0.4, 0.5) is 16.2 Å². The van der Waals surface area contributed by atoms with Crippen LogP contribution in [-0.4, -0.2) is 121 Å². The first-order chi connectivity index (χ1) is 30.0. The van der Waals surface area contributed by atoms with E-state index in [2.05, 4.69) is 31.6 Å². The highest BCUT2D eigenvalue weighted by Gasteiger charge is 2.40. The van der Waals surface area contributed by atoms with Gasteiger partial charge in [0, 0.05) is 30.7 Å². The molecular formula is C44H56N8O11. The number of hydrogen-bond acceptors (Lipinski definition) is 10. The van der Waals surface area contributed by atoms with E-state index < -0.39 is 84.1 Å². The van der Waals surface area contributed by atoms with Crippen molar-refractivity contribution in [3.8, 4) is 0 Å². The molecule has 1 saturated heterocycles. The van der Waals surface area contributed by atoms with Gasteiger partial charge in [-0.2, -0.15) is 0 Å². The Kier molecular flexibility index (Phi) is 18.5. The van der Waals surface area contributed by atoms with E-state index >= 15 is 0 Å². The summed E-state index contributed by atoms with van der Waals surface area (Å²) in [6.45, 7) is 5.56. The van der Waals surface area contributed by atoms with Gasteiger partial charge in [0.15, 0.2) is 0 Å². The smallest absolute Gasteiger partial charge is 0.326 e. The van der Waals surface area contributed by atoms with E-state index in [0.29, 0.717) is 48.4 Å². The molecule has 338 valence electrons. The number of nitrogens with one attached hydrogen (secondary N) is 5. The number of benzene rings is 2. The molecule has 1 fully saturated rings. The van der Waals surface area contributed by atoms with Crippen LogP contribution in [0.15, 0.2) is 72.9 Å². The van der Waals surface area contributed by atoms with Crippen molar-refractivity contribution >= 4 is 58.9 Å². The van der Waals surface area contributed by atoms with E-state index in [1.54, 1.807) is 79.5 Å². The highest BCUT2D eigenvalue weighted by Crippen LogP contribution is 2.21. The Morgan fingerprint density at radius 2 is 1.51 bits per heavy atom. The molecule has 8 N–H and O–H groups in total. The standard InChI is InChI=1S/C44H56N8O11/c1-27(2)39(42(60)52-22-10-15-35(52)43(61)62)50-41(59)34(24-37(54)55)48-40(58)33(14-7-9-21-51(26-38(56)57)25-31-12-6-8-20-45-31)47-36(53)23-29-16-18-30(19-17-29)46-44(63)49-32-13-5-4-11-28(32)3/h4-6,8,11-13,16-20,27,33-35,39H,7,9-10,14-15,21-26H2,1-3H3,(H,47,53)(H,48,58)(H,50,59)(H,54,55)(H,56,57)(H,61,62)(H2,46,49,63)/t33-,34-,35-,39-/m0/s1. The van der Waals surface area contributed by atoms with Crippen LogP contribution in [-0.2, 0) is 46.5 Å². The number of aryl methyl sites for hydroxylation is 1. The molecule has 0 radical (unpaired) electrons. The Morgan fingerprint density at radius 3 is 2.14 bits per heavy atom. The Bertz CT molecular complexity index is 2080. The topological polar surface area (TPSA) is 277 Å². The molecular weight excluding hydrogens is 817 g/mol. The number of para-hydroxylation sites is 1. The molecule has 1 aromatic heterocycles. The summed E-state index contributed by atoms with van der Waals surface area (Å²) in [4.78, 5) is 110. The number of carboxylic acids is 3. The zero-order valence-corrected chi connectivity index (χ0v) is 35.5. The monoisotopic (exact) mass is 872 g/mol. The lowest BCUT2D eigenvalue weighted by atomic mass is 10.0. The molecule has 0 unspecified atom stereocenters. The van der Waals surface area contributed by atoms with Crippen LogP contribution in [0.3, 0.4) is 0 Å². The van der Waals surface area contributed by atoms with Crippen molar-refractivity contribution in [3.63, 3.8) is 0 Å². The van der Waals surface area contributed by atoms with Crippen LogP contribution < -0.4 is 26.6 Å². The second-order valence-corrected chi connectivity index (χ2v) is 15.7. The minimum absolute atomic E-state index is 0.0149. The van der Waals surface area contributed by atoms with Gasteiger partial charge in [0.2, 0.25) is 23.6 Å². The third-order valence-corrected chi connectivity index (χ3v) is 10.4. The first kappa shape index (κ1) is 48.8. The minimum Gasteiger partial charge on any atom is -0.481 e. The van der Waals surface area contributed by atoms with Gasteiger partial charge in [-0.1, -0.05) is 50.2 Å². The SMILES string of the molecule is Cc1ccccc1NC(=O)Nc1ccc(CC(=O)N[C@@H](CCCCN(CC(=O)O)Cc2ccccn2)C(=O)N[C@@H](CC(=O)O)C(=O)N[C@H](C(=O)N2CCC[C@H]2C(=O)O)C(C)C)cc1. The molecule has 4 atom stereocenters. The van der Waals surface area contributed by atoms with E-state index in [1.165, 1.54) is 4.90 Å². The van der Waals surface area contributed by atoms with Crippen LogP contribution in [0.25, 0.3) is 0 Å². The van der Waals surface area contributed by atoms with Gasteiger partial charge < -0.3 is 46.8 Å². The largest absolute Gasteiger partial charge is 0.481 e. The summed E-state index contributed by atoms with van der Waals surface area (Å²) in [5.74, 6) is -7.31. The Hall–Kier alpha value is -6.89. The number of aliphatic carboxylic acids is 3. The summed E-state index contributed by atoms with van der Waals surface area (Å²) in [6.07, 6.45) is 1.91. The Labute approximate surface area is 365 Å². The summed E-state index contributed by atoms with van der Waals surface area (Å²) in [6, 6.07) is 13.3. The zero-order chi connectivity index (χ0) is 46.1. The number of carbonyl (C=O) groups excluding carboxylic acids is 5. The molecule has 1 aliphatic heterocycles. The third-order valence-electron chi connectivity index (χ3n) is 10.4. The van der Waals surface area contributed by atoms with Gasteiger partial charge in [0.25, 0.3) is 0 Å². The fraction of sp³-hybridized carbons (Fsp3) is 0.432. The van der Waals surface area contributed by atoms with Crippen molar-refractivity contribution in [1.82, 2.24) is 30.7 Å². The molecule has 19 nitrogen and oxygen atoms in total. The third kappa shape index (κ3) is 15.8. The summed E-state index contributed by atoms with van der Waals surface area (Å²) in [5, 5.41) is 42.0. The van der Waals surface area contributed by atoms with Gasteiger partial charge in [-0.25, -0.2) is 9.59 Å². The van der Waals surface area contributed by atoms with Crippen molar-refractivity contribution in [1.29, 1.82) is 0 Å². The van der Waals surface area contributed by atoms with Crippen LogP contribution in [0.5, 0.6) is 0 Å². The number of likely N-dealkylation sites (tertiary alicyclic amines) is 1. The van der Waals surface area contributed by atoms with Crippen LogP contribution >= 0.6 is 0 Å². The summed E-state index contributed by atoms with van der Waals surface area (Å²) >= 11 is 0. The van der Waals surface area contributed by atoms with Crippen molar-refractivity contribution < 1.29 is 53.7 Å². The predicted molar refractivity (Wildman–Crippen MR) is 230 cm³/mol. The molecule has 4 rings (SSSR count). The van der Waals surface area contributed by atoms with E-state index in [9.17, 15) is 53.7 Å². The molecule has 3 aromatic rings. The predicted octanol–water partition coefficient (Wildman–Crippen LogP) is 2.99. The van der Waals surface area contributed by atoms with Crippen LogP contribution in [0, 0.1) is 12.8 Å². The van der Waals surface area contributed by atoms with Crippen molar-refractivity contribution in [2.75, 3.05) is 30.3 Å². The number of carbonyl (C=O) groups is 8. The van der Waals surface area contributed by atoms with Gasteiger partial charge in [-0.3, -0.25) is 38.7 Å². The fourth-order valence-corrected chi connectivity index (χ4v) is 7.10. The summed E-state index contributed by atoms with van der Waals surface area (Å²) in [7, 11) is 0. The molecule has 0 spiro atoms. The molecule has 6 amide bonds. The van der Waals surface area contributed by atoms with Gasteiger partial charge in [0.05, 0.1) is 25.1 Å². The van der Waals surface area contributed by atoms with E-state index in [-0.39, 0.29) is 38.9 Å². The number of nitrogens with zero attached hydrogens (tertiary/aromatic N) is 3. The van der Waals surface area contributed by atoms with Crippen molar-refractivity contribution in [3.05, 3.63) is 89.7 Å². The number of aromatic nitrogens is 1. The molecule has 19 heteroatoms. The molecule has 0 saturated carbocycles. The number of pyridine rings is 1. The van der Waals surface area contributed by atoms with E-state index in [4.69, 9.17) is 0 Å². The van der Waals surface area contributed by atoms with Crippen LogP contribution in [0.1, 0.15) is 69.2 Å². The highest BCUT2D eigenvalue weighted by molar-refractivity contribution is 6.00. The number of urea groups is 1. The van der Waals surface area contributed by atoms with Gasteiger partial charge in [-0.15, -0.1) is 0 Å². The molecule has 2 heterocycles. The average molecular weight is 873 g/mol. The van der Waals surface area contributed by atoms with E-state index in [0.717, 1.165) is 5.56 Å². The normalized spacial score (nSPS) is 14.9. The van der Waals surface area contributed by atoms with Crippen molar-refractivity contribution in [2.24, 2.45) is 5.92 Å². The lowest BCUT2D eigenvalue weighted by Crippen LogP contribution is -2.59. The lowest BCUT2D eigenvalue weighted by molar-refractivity contribution is -0.150. The summed E-state index contributed by atoms with van der Waals surface area (Å²) < 4.78 is 0. The Morgan fingerprint density at radius 1 is 0.810 bits per heavy atom. The molecule has 0 bridgehead atoms. The zero-order valence-electron chi connectivity index (χ0n) is 35.5. The van der Waals surface area contributed by atoms with Crippen molar-refractivity contribution in [2.45, 2.75) is 96.4 Å². The molecule has 0 aliphatic carbocycles. The number of amides is 6. The maximum atomic E-state index is 13.9. The fourth-order valence-electron chi connectivity index (χ4n) is 7.10. The highest BCUT2D eigenvalue weighted by atomic mass is 16.4. The second kappa shape index (κ2) is 23.9. The molecule has 63 heavy (non-hydrogen) atoms. The van der Waals surface area contributed by atoms with Gasteiger partial charge in [0.1, 0.15) is 24.2 Å². The number of anilines is 2. The minimum atomic E-state index is -1.69. The number of hydrogen-bond donors (Lipinski definition) is 8. The first-order valence-electron chi connectivity index (χ1n) is 20.7. The molecule has 2 aromatic carbocycles. The van der Waals surface area contributed by atoms with Crippen LogP contribution in [0.2, 0.25) is 0 Å². The van der Waals surface area contributed by atoms with E-state index in [1.807, 2.05) is 19.1 Å². The van der Waals surface area contributed by atoms with Gasteiger partial charge >= 0.3 is 23.9 Å². The number of unbranched alkanes of at least 4 members (excludes halogenated alkanes) is 1. The second-order valence-electron chi connectivity index (χ2n) is 15.7. The quantitative estimate of drug-likeness (QED) is 0.0638. The number of rotatable bonds is 23. The first-order valence-corrected chi connectivity index (χ1v) is 20.7. The van der Waals surface area contributed by atoms with Gasteiger partial charge in [-0.05, 0) is 92.9 Å². The summed E-state index contributed by atoms with van der Waals surface area (Å²) in [5.41, 5.74) is 3.16.